The van der Waals surface area contributed by atoms with E-state index in [1.807, 2.05) is 24.3 Å². The van der Waals surface area contributed by atoms with E-state index in [0.29, 0.717) is 0 Å². The Labute approximate surface area is 198 Å². The highest BCUT2D eigenvalue weighted by molar-refractivity contribution is 7.99. The van der Waals surface area contributed by atoms with Crippen LogP contribution in [0.25, 0.3) is 11.4 Å². The lowest BCUT2D eigenvalue weighted by atomic mass is 10.0. The first-order valence-corrected chi connectivity index (χ1v) is 12.2. The Bertz CT molecular complexity index is 1120. The topological polar surface area (TPSA) is 49.2 Å². The first kappa shape index (κ1) is 21.7. The van der Waals surface area contributed by atoms with Crippen LogP contribution in [0.4, 0.5) is 0 Å². The van der Waals surface area contributed by atoms with Gasteiger partial charge < -0.3 is 9.47 Å². The van der Waals surface area contributed by atoms with Crippen molar-refractivity contribution in [3.05, 3.63) is 96.1 Å². The van der Waals surface area contributed by atoms with Crippen LogP contribution in [0.2, 0.25) is 0 Å². The molecule has 0 saturated carbocycles. The molecule has 0 amide bonds. The van der Waals surface area contributed by atoms with Crippen molar-refractivity contribution in [3.63, 3.8) is 0 Å². The second-order valence-corrected chi connectivity index (χ2v) is 9.17. The zero-order chi connectivity index (χ0) is 22.5. The molecule has 0 N–H and O–H groups in total. The Morgan fingerprint density at radius 2 is 1.61 bits per heavy atom. The van der Waals surface area contributed by atoms with Crippen molar-refractivity contribution in [2.75, 3.05) is 13.7 Å². The van der Waals surface area contributed by atoms with Crippen LogP contribution in [0.15, 0.2) is 90.1 Å². The van der Waals surface area contributed by atoms with Crippen LogP contribution in [-0.4, -0.2) is 34.6 Å². The third kappa shape index (κ3) is 4.97. The van der Waals surface area contributed by atoms with Gasteiger partial charge in [-0.05, 0) is 48.2 Å². The summed E-state index contributed by atoms with van der Waals surface area (Å²) in [6.45, 7) is 1.57. The number of thioether (sulfide) groups is 1. The molecule has 1 aromatic heterocycles. The lowest BCUT2D eigenvalue weighted by molar-refractivity contribution is 0.0953. The minimum absolute atomic E-state index is 0.114. The van der Waals surface area contributed by atoms with E-state index in [2.05, 4.69) is 75.4 Å². The highest BCUT2D eigenvalue weighted by Crippen LogP contribution is 2.41. The first-order valence-electron chi connectivity index (χ1n) is 11.3. The van der Waals surface area contributed by atoms with Gasteiger partial charge in [-0.25, -0.2) is 0 Å². The van der Waals surface area contributed by atoms with Gasteiger partial charge in [0.05, 0.1) is 25.0 Å². The second-order valence-electron chi connectivity index (χ2n) is 8.10. The largest absolute Gasteiger partial charge is 0.497 e. The predicted octanol–water partition coefficient (Wildman–Crippen LogP) is 6.01. The standard InChI is InChI=1S/C27H27N3O2S/c1-31-23-16-14-22(15-17-23)26-28-29-27(30(26)19-24-13-8-18-32-24)33-25(20-9-4-2-5-10-20)21-11-6-3-7-12-21/h2-7,9-12,14-17,24-25H,8,13,18-19H2,1H3. The lowest BCUT2D eigenvalue weighted by Crippen LogP contribution is -2.17. The van der Waals surface area contributed by atoms with Crippen LogP contribution >= 0.6 is 11.8 Å². The number of aromatic nitrogens is 3. The summed E-state index contributed by atoms with van der Waals surface area (Å²) in [4.78, 5) is 0. The Balaban J connectivity index is 1.53. The van der Waals surface area contributed by atoms with Gasteiger partial charge in [-0.2, -0.15) is 0 Å². The molecule has 4 aromatic rings. The highest BCUT2D eigenvalue weighted by atomic mass is 32.2. The van der Waals surface area contributed by atoms with Crippen molar-refractivity contribution in [2.45, 2.75) is 35.9 Å². The second kappa shape index (κ2) is 10.2. The Kier molecular flexibility index (Phi) is 6.74. The van der Waals surface area contributed by atoms with Gasteiger partial charge in [-0.15, -0.1) is 10.2 Å². The van der Waals surface area contributed by atoms with Gasteiger partial charge in [-0.1, -0.05) is 72.4 Å². The molecule has 0 spiro atoms. The fourth-order valence-electron chi connectivity index (χ4n) is 4.18. The fraction of sp³-hybridized carbons (Fsp3) is 0.259. The van der Waals surface area contributed by atoms with Crippen molar-refractivity contribution in [1.82, 2.24) is 14.8 Å². The summed E-state index contributed by atoms with van der Waals surface area (Å²) < 4.78 is 13.5. The van der Waals surface area contributed by atoms with E-state index in [1.54, 1.807) is 18.9 Å². The van der Waals surface area contributed by atoms with Crippen LogP contribution in [0.1, 0.15) is 29.2 Å². The molecule has 1 fully saturated rings. The molecule has 5 rings (SSSR count). The van der Waals surface area contributed by atoms with Gasteiger partial charge in [0, 0.05) is 12.2 Å². The van der Waals surface area contributed by atoms with Gasteiger partial charge in [0.25, 0.3) is 0 Å². The van der Waals surface area contributed by atoms with E-state index in [4.69, 9.17) is 9.47 Å². The molecule has 6 heteroatoms. The molecule has 1 aliphatic heterocycles. The monoisotopic (exact) mass is 457 g/mol. The summed E-state index contributed by atoms with van der Waals surface area (Å²) in [5, 5.41) is 10.3. The summed E-state index contributed by atoms with van der Waals surface area (Å²) in [6, 6.07) is 29.2. The Hall–Kier alpha value is -3.09. The Morgan fingerprint density at radius 1 is 0.939 bits per heavy atom. The number of hydrogen-bond donors (Lipinski definition) is 0. The molecule has 1 atom stereocenters. The molecule has 5 nitrogen and oxygen atoms in total. The van der Waals surface area contributed by atoms with Gasteiger partial charge in [0.1, 0.15) is 5.75 Å². The predicted molar refractivity (Wildman–Crippen MR) is 132 cm³/mol. The van der Waals surface area contributed by atoms with Gasteiger partial charge >= 0.3 is 0 Å². The molecule has 1 unspecified atom stereocenters. The zero-order valence-corrected chi connectivity index (χ0v) is 19.4. The summed E-state index contributed by atoms with van der Waals surface area (Å²) >= 11 is 1.74. The van der Waals surface area contributed by atoms with Crippen molar-refractivity contribution in [1.29, 1.82) is 0 Å². The molecule has 0 aliphatic carbocycles. The summed E-state index contributed by atoms with van der Waals surface area (Å²) in [5.74, 6) is 1.68. The van der Waals surface area contributed by atoms with Crippen molar-refractivity contribution in [2.24, 2.45) is 0 Å². The van der Waals surface area contributed by atoms with Gasteiger partial charge in [0.15, 0.2) is 11.0 Å². The molecule has 2 heterocycles. The number of ether oxygens (including phenoxy) is 2. The van der Waals surface area contributed by atoms with Crippen molar-refractivity contribution < 1.29 is 9.47 Å². The van der Waals surface area contributed by atoms with Crippen molar-refractivity contribution in [3.8, 4) is 17.1 Å². The van der Waals surface area contributed by atoms with Crippen LogP contribution in [0.5, 0.6) is 5.75 Å². The summed E-state index contributed by atoms with van der Waals surface area (Å²) in [7, 11) is 1.68. The fourth-order valence-corrected chi connectivity index (χ4v) is 5.35. The molecule has 0 radical (unpaired) electrons. The van der Waals surface area contributed by atoms with Crippen molar-refractivity contribution >= 4 is 11.8 Å². The minimum Gasteiger partial charge on any atom is -0.497 e. The molecule has 1 saturated heterocycles. The quantitative estimate of drug-likeness (QED) is 0.303. The number of rotatable bonds is 8. The number of hydrogen-bond acceptors (Lipinski definition) is 5. The minimum atomic E-state index is 0.114. The Morgan fingerprint density at radius 3 is 2.18 bits per heavy atom. The van der Waals surface area contributed by atoms with E-state index < -0.39 is 0 Å². The van der Waals surface area contributed by atoms with E-state index in [0.717, 1.165) is 48.3 Å². The normalized spacial score (nSPS) is 15.8. The van der Waals surface area contributed by atoms with Crippen LogP contribution in [0.3, 0.4) is 0 Å². The molecule has 33 heavy (non-hydrogen) atoms. The molecular formula is C27H27N3O2S. The number of nitrogens with zero attached hydrogens (tertiary/aromatic N) is 3. The zero-order valence-electron chi connectivity index (χ0n) is 18.6. The summed E-state index contributed by atoms with van der Waals surface area (Å²) in [5.41, 5.74) is 3.50. The average molecular weight is 458 g/mol. The van der Waals surface area contributed by atoms with E-state index in [-0.39, 0.29) is 11.4 Å². The number of methoxy groups -OCH3 is 1. The molecule has 3 aromatic carbocycles. The molecule has 1 aliphatic rings. The maximum absolute atomic E-state index is 5.98. The number of benzene rings is 3. The van der Waals surface area contributed by atoms with Gasteiger partial charge in [0.2, 0.25) is 0 Å². The first-order chi connectivity index (χ1) is 16.3. The van der Waals surface area contributed by atoms with E-state index in [1.165, 1.54) is 11.1 Å². The summed E-state index contributed by atoms with van der Waals surface area (Å²) in [6.07, 6.45) is 2.35. The average Bonchev–Trinajstić information content (AvgIpc) is 3.54. The third-order valence-electron chi connectivity index (χ3n) is 5.90. The van der Waals surface area contributed by atoms with E-state index >= 15 is 0 Å². The highest BCUT2D eigenvalue weighted by Gasteiger charge is 2.25. The third-order valence-corrected chi connectivity index (χ3v) is 7.20. The smallest absolute Gasteiger partial charge is 0.192 e. The maximum Gasteiger partial charge on any atom is 0.192 e. The molecular weight excluding hydrogens is 430 g/mol. The van der Waals surface area contributed by atoms with Crippen LogP contribution < -0.4 is 4.74 Å². The molecule has 0 bridgehead atoms. The van der Waals surface area contributed by atoms with Crippen LogP contribution in [0, 0.1) is 0 Å². The molecule has 168 valence electrons. The van der Waals surface area contributed by atoms with Crippen LogP contribution in [-0.2, 0) is 11.3 Å². The van der Waals surface area contributed by atoms with Gasteiger partial charge in [-0.3, -0.25) is 4.57 Å². The lowest BCUT2D eigenvalue weighted by Gasteiger charge is -2.19. The SMILES string of the molecule is COc1ccc(-c2nnc(SC(c3ccccc3)c3ccccc3)n2CC2CCCO2)cc1. The van der Waals surface area contributed by atoms with E-state index in [9.17, 15) is 0 Å². The maximum atomic E-state index is 5.98.